The first kappa shape index (κ1) is 20.2. The van der Waals surface area contributed by atoms with E-state index in [0.717, 1.165) is 41.5 Å². The van der Waals surface area contributed by atoms with Crippen molar-refractivity contribution in [2.75, 3.05) is 29.9 Å². The number of aromatic nitrogens is 2. The molecule has 6 nitrogen and oxygen atoms in total. The molecule has 0 atom stereocenters. The zero-order valence-electron chi connectivity index (χ0n) is 16.9. The molecule has 1 aromatic heterocycles. The van der Waals surface area contributed by atoms with Crippen LogP contribution < -0.4 is 5.32 Å². The van der Waals surface area contributed by atoms with Crippen molar-refractivity contribution < 1.29 is 9.59 Å². The van der Waals surface area contributed by atoms with Gasteiger partial charge < -0.3 is 10.2 Å². The van der Waals surface area contributed by atoms with E-state index in [2.05, 4.69) is 10.4 Å². The molecule has 2 amide bonds. The van der Waals surface area contributed by atoms with Crippen LogP contribution in [0.2, 0.25) is 0 Å². The second-order valence-electron chi connectivity index (χ2n) is 7.24. The molecule has 1 N–H and O–H groups in total. The predicted octanol–water partition coefficient (Wildman–Crippen LogP) is 3.55. The SMILES string of the molecule is Cc1cc(C(=O)Nc2ccc(CC(=O)N3CCSCC3)cc2)nn1-c1ccccc1. The minimum Gasteiger partial charge on any atom is -0.341 e. The highest BCUT2D eigenvalue weighted by molar-refractivity contribution is 7.99. The largest absolute Gasteiger partial charge is 0.341 e. The van der Waals surface area contributed by atoms with Crippen molar-refractivity contribution in [1.29, 1.82) is 0 Å². The number of hydrogen-bond acceptors (Lipinski definition) is 4. The third-order valence-electron chi connectivity index (χ3n) is 5.05. The Labute approximate surface area is 180 Å². The summed E-state index contributed by atoms with van der Waals surface area (Å²) in [5.74, 6) is 1.92. The Kier molecular flexibility index (Phi) is 6.18. The normalized spacial score (nSPS) is 13.8. The van der Waals surface area contributed by atoms with Crippen LogP contribution in [0.1, 0.15) is 21.7 Å². The van der Waals surface area contributed by atoms with Crippen LogP contribution in [0.4, 0.5) is 5.69 Å². The van der Waals surface area contributed by atoms with Gasteiger partial charge in [0.05, 0.1) is 12.1 Å². The fourth-order valence-electron chi connectivity index (χ4n) is 3.42. The van der Waals surface area contributed by atoms with Gasteiger partial charge in [-0.25, -0.2) is 4.68 Å². The molecule has 1 aliphatic heterocycles. The van der Waals surface area contributed by atoms with E-state index in [1.165, 1.54) is 0 Å². The first-order valence-electron chi connectivity index (χ1n) is 9.98. The highest BCUT2D eigenvalue weighted by atomic mass is 32.2. The van der Waals surface area contributed by atoms with Crippen LogP contribution in [0.5, 0.6) is 0 Å². The third kappa shape index (κ3) is 4.74. The predicted molar refractivity (Wildman–Crippen MR) is 120 cm³/mol. The number of para-hydroxylation sites is 1. The molecule has 30 heavy (non-hydrogen) atoms. The number of aryl methyl sites for hydroxylation is 1. The van der Waals surface area contributed by atoms with E-state index in [0.29, 0.717) is 17.8 Å². The second-order valence-corrected chi connectivity index (χ2v) is 8.46. The number of amides is 2. The van der Waals surface area contributed by atoms with Crippen LogP contribution in [-0.2, 0) is 11.2 Å². The van der Waals surface area contributed by atoms with Crippen molar-refractivity contribution in [3.8, 4) is 5.69 Å². The monoisotopic (exact) mass is 420 g/mol. The van der Waals surface area contributed by atoms with Crippen molar-refractivity contribution in [3.63, 3.8) is 0 Å². The zero-order valence-corrected chi connectivity index (χ0v) is 17.7. The number of carbonyl (C=O) groups is 2. The van der Waals surface area contributed by atoms with E-state index in [1.54, 1.807) is 10.7 Å². The van der Waals surface area contributed by atoms with Crippen molar-refractivity contribution in [2.24, 2.45) is 0 Å². The lowest BCUT2D eigenvalue weighted by Gasteiger charge is -2.26. The summed E-state index contributed by atoms with van der Waals surface area (Å²) in [5.41, 5.74) is 3.78. The Morgan fingerprint density at radius 1 is 1.03 bits per heavy atom. The van der Waals surface area contributed by atoms with Gasteiger partial charge in [-0.05, 0) is 42.8 Å². The number of thioether (sulfide) groups is 1. The molecule has 0 aliphatic carbocycles. The topological polar surface area (TPSA) is 67.2 Å². The number of carbonyl (C=O) groups excluding carboxylic acids is 2. The molecule has 2 aromatic carbocycles. The van der Waals surface area contributed by atoms with Crippen LogP contribution in [0.25, 0.3) is 5.69 Å². The number of nitrogens with zero attached hydrogens (tertiary/aromatic N) is 3. The van der Waals surface area contributed by atoms with Gasteiger partial charge in [0.1, 0.15) is 0 Å². The maximum atomic E-state index is 12.6. The van der Waals surface area contributed by atoms with Crippen molar-refractivity contribution in [1.82, 2.24) is 14.7 Å². The molecule has 0 bridgehead atoms. The Morgan fingerprint density at radius 3 is 2.43 bits per heavy atom. The molecule has 1 saturated heterocycles. The standard InChI is InChI=1S/C23H24N4O2S/c1-17-15-21(25-27(17)20-5-3-2-4-6-20)23(29)24-19-9-7-18(8-10-19)16-22(28)26-11-13-30-14-12-26/h2-10,15H,11-14,16H2,1H3,(H,24,29). The summed E-state index contributed by atoms with van der Waals surface area (Å²) in [6.45, 7) is 3.57. The minimum atomic E-state index is -0.262. The quantitative estimate of drug-likeness (QED) is 0.686. The number of anilines is 1. The molecule has 1 aliphatic rings. The lowest BCUT2D eigenvalue weighted by Crippen LogP contribution is -2.38. The third-order valence-corrected chi connectivity index (χ3v) is 5.99. The van der Waals surface area contributed by atoms with E-state index in [1.807, 2.05) is 78.2 Å². The lowest BCUT2D eigenvalue weighted by molar-refractivity contribution is -0.130. The van der Waals surface area contributed by atoms with E-state index in [9.17, 15) is 9.59 Å². The summed E-state index contributed by atoms with van der Waals surface area (Å²) < 4.78 is 1.75. The Morgan fingerprint density at radius 2 is 1.73 bits per heavy atom. The van der Waals surface area contributed by atoms with Gasteiger partial charge in [-0.1, -0.05) is 30.3 Å². The van der Waals surface area contributed by atoms with Crippen LogP contribution in [0.3, 0.4) is 0 Å². The molecular weight excluding hydrogens is 396 g/mol. The van der Waals surface area contributed by atoms with Gasteiger partial charge in [0, 0.05) is 36.0 Å². The first-order valence-corrected chi connectivity index (χ1v) is 11.1. The molecule has 3 aromatic rings. The van der Waals surface area contributed by atoms with E-state index in [4.69, 9.17) is 0 Å². The van der Waals surface area contributed by atoms with E-state index < -0.39 is 0 Å². The van der Waals surface area contributed by atoms with E-state index >= 15 is 0 Å². The molecule has 0 unspecified atom stereocenters. The van der Waals surface area contributed by atoms with Crippen molar-refractivity contribution in [3.05, 3.63) is 77.6 Å². The average Bonchev–Trinajstić information content (AvgIpc) is 3.18. The number of benzene rings is 2. The molecule has 154 valence electrons. The fraction of sp³-hybridized carbons (Fsp3) is 0.261. The second kappa shape index (κ2) is 9.17. The maximum Gasteiger partial charge on any atom is 0.276 e. The van der Waals surface area contributed by atoms with Crippen LogP contribution in [-0.4, -0.2) is 51.1 Å². The lowest BCUT2D eigenvalue weighted by atomic mass is 10.1. The fourth-order valence-corrected chi connectivity index (χ4v) is 4.32. The molecule has 1 fully saturated rings. The van der Waals surface area contributed by atoms with Gasteiger partial charge >= 0.3 is 0 Å². The Bertz CT molecular complexity index is 1030. The van der Waals surface area contributed by atoms with E-state index in [-0.39, 0.29) is 11.8 Å². The van der Waals surface area contributed by atoms with Gasteiger partial charge in [0.25, 0.3) is 5.91 Å². The molecule has 7 heteroatoms. The maximum absolute atomic E-state index is 12.6. The zero-order chi connectivity index (χ0) is 20.9. The summed E-state index contributed by atoms with van der Waals surface area (Å²) in [6, 6.07) is 18.9. The van der Waals surface area contributed by atoms with Gasteiger partial charge in [0.15, 0.2) is 5.69 Å². The molecular formula is C23H24N4O2S. The molecule has 0 spiro atoms. The van der Waals surface area contributed by atoms with Gasteiger partial charge in [0.2, 0.25) is 5.91 Å². The van der Waals surface area contributed by atoms with Crippen LogP contribution >= 0.6 is 11.8 Å². The van der Waals surface area contributed by atoms with Gasteiger partial charge in [-0.3, -0.25) is 9.59 Å². The smallest absolute Gasteiger partial charge is 0.276 e. The molecule has 0 saturated carbocycles. The Hall–Kier alpha value is -3.06. The number of nitrogens with one attached hydrogen (secondary N) is 1. The van der Waals surface area contributed by atoms with Crippen molar-refractivity contribution in [2.45, 2.75) is 13.3 Å². The Balaban J connectivity index is 1.39. The van der Waals surface area contributed by atoms with Crippen molar-refractivity contribution >= 4 is 29.3 Å². The molecule has 2 heterocycles. The number of rotatable bonds is 5. The van der Waals surface area contributed by atoms with Gasteiger partial charge in [-0.2, -0.15) is 16.9 Å². The summed E-state index contributed by atoms with van der Waals surface area (Å²) in [6.07, 6.45) is 0.388. The summed E-state index contributed by atoms with van der Waals surface area (Å²) in [4.78, 5) is 27.0. The van der Waals surface area contributed by atoms with Gasteiger partial charge in [-0.15, -0.1) is 0 Å². The number of hydrogen-bond donors (Lipinski definition) is 1. The summed E-state index contributed by atoms with van der Waals surface area (Å²) >= 11 is 1.89. The highest BCUT2D eigenvalue weighted by Crippen LogP contribution is 2.16. The summed E-state index contributed by atoms with van der Waals surface area (Å²) in [5, 5.41) is 7.32. The minimum absolute atomic E-state index is 0.161. The average molecular weight is 421 g/mol. The summed E-state index contributed by atoms with van der Waals surface area (Å²) in [7, 11) is 0. The molecule has 0 radical (unpaired) electrons. The van der Waals surface area contributed by atoms with Crippen LogP contribution in [0, 0.1) is 6.92 Å². The van der Waals surface area contributed by atoms with Crippen LogP contribution in [0.15, 0.2) is 60.7 Å². The molecule has 4 rings (SSSR count). The first-order chi connectivity index (χ1) is 14.6. The highest BCUT2D eigenvalue weighted by Gasteiger charge is 2.17.